The van der Waals surface area contributed by atoms with E-state index in [0.717, 1.165) is 11.1 Å². The van der Waals surface area contributed by atoms with Crippen LogP contribution in [0.3, 0.4) is 0 Å². The first-order valence-electron chi connectivity index (χ1n) is 5.99. The van der Waals surface area contributed by atoms with Crippen molar-refractivity contribution in [1.29, 1.82) is 0 Å². The Morgan fingerprint density at radius 2 is 1.85 bits per heavy atom. The average Bonchev–Trinajstić information content (AvgIpc) is 2.48. The Balaban J connectivity index is 1.76. The minimum Gasteiger partial charge on any atom is -0.443 e. The van der Waals surface area contributed by atoms with E-state index in [2.05, 4.69) is 10.5 Å². The number of hydrogen-bond acceptors (Lipinski definition) is 3. The van der Waals surface area contributed by atoms with Gasteiger partial charge in [0.1, 0.15) is 6.61 Å². The number of ether oxygens (including phenoxy) is 1. The first-order valence-corrected chi connectivity index (χ1v) is 6.37. The maximum atomic E-state index is 11.4. The fourth-order valence-corrected chi connectivity index (χ4v) is 1.59. The molecule has 2 aromatic carbocycles. The molecule has 102 valence electrons. The molecule has 2 rings (SSSR count). The Morgan fingerprint density at radius 3 is 2.55 bits per heavy atom. The van der Waals surface area contributed by atoms with Crippen LogP contribution in [0.15, 0.2) is 59.7 Å². The topological polar surface area (TPSA) is 50.7 Å². The lowest BCUT2D eigenvalue weighted by Crippen LogP contribution is -2.18. The summed E-state index contributed by atoms with van der Waals surface area (Å²) in [7, 11) is 0. The fourth-order valence-electron chi connectivity index (χ4n) is 1.46. The molecule has 0 bridgehead atoms. The number of amides is 1. The van der Waals surface area contributed by atoms with Gasteiger partial charge in [0.05, 0.1) is 6.21 Å². The van der Waals surface area contributed by atoms with Gasteiger partial charge in [-0.3, -0.25) is 0 Å². The fraction of sp³-hybridized carbons (Fsp3) is 0.0667. The van der Waals surface area contributed by atoms with E-state index >= 15 is 0 Å². The van der Waals surface area contributed by atoms with Crippen molar-refractivity contribution in [3.05, 3.63) is 70.7 Å². The Kier molecular flexibility index (Phi) is 5.15. The number of nitrogens with zero attached hydrogens (tertiary/aromatic N) is 1. The van der Waals surface area contributed by atoms with E-state index < -0.39 is 6.09 Å². The van der Waals surface area contributed by atoms with Gasteiger partial charge in [-0.15, -0.1) is 0 Å². The second-order valence-corrected chi connectivity index (χ2v) is 4.42. The summed E-state index contributed by atoms with van der Waals surface area (Å²) in [4.78, 5) is 11.4. The Morgan fingerprint density at radius 1 is 1.15 bits per heavy atom. The highest BCUT2D eigenvalue weighted by Gasteiger charge is 2.00. The van der Waals surface area contributed by atoms with Crippen molar-refractivity contribution >= 4 is 23.9 Å². The van der Waals surface area contributed by atoms with Gasteiger partial charge in [-0.1, -0.05) is 54.1 Å². The van der Waals surface area contributed by atoms with Gasteiger partial charge in [-0.2, -0.15) is 5.10 Å². The molecule has 0 aliphatic rings. The quantitative estimate of drug-likeness (QED) is 0.690. The minimum atomic E-state index is -0.598. The van der Waals surface area contributed by atoms with Crippen LogP contribution in [-0.2, 0) is 11.3 Å². The first-order chi connectivity index (χ1) is 9.74. The van der Waals surface area contributed by atoms with E-state index in [-0.39, 0.29) is 6.61 Å². The summed E-state index contributed by atoms with van der Waals surface area (Å²) in [6, 6.07) is 16.5. The highest BCUT2D eigenvalue weighted by atomic mass is 35.5. The molecule has 4 nitrogen and oxygen atoms in total. The van der Waals surface area contributed by atoms with E-state index in [9.17, 15) is 4.79 Å². The van der Waals surface area contributed by atoms with Crippen LogP contribution in [-0.4, -0.2) is 12.3 Å². The Bertz CT molecular complexity index is 583. The molecule has 0 radical (unpaired) electrons. The van der Waals surface area contributed by atoms with Crippen molar-refractivity contribution in [2.24, 2.45) is 5.10 Å². The van der Waals surface area contributed by atoms with E-state index in [1.165, 1.54) is 6.21 Å². The van der Waals surface area contributed by atoms with Crippen LogP contribution in [0.5, 0.6) is 0 Å². The number of hydrogen-bond donors (Lipinski definition) is 1. The predicted molar refractivity (Wildman–Crippen MR) is 78.8 cm³/mol. The third kappa shape index (κ3) is 4.74. The normalized spacial score (nSPS) is 10.4. The van der Waals surface area contributed by atoms with E-state index in [1.807, 2.05) is 30.3 Å². The van der Waals surface area contributed by atoms with Crippen molar-refractivity contribution in [2.45, 2.75) is 6.61 Å². The standard InChI is InChI=1S/C15H13ClN2O2/c16-14-8-6-12(7-9-14)10-17-18-15(19)20-11-13-4-2-1-3-5-13/h1-10H,11H2,(H,18,19)/b17-10+. The van der Waals surface area contributed by atoms with E-state index in [0.29, 0.717) is 5.02 Å². The largest absolute Gasteiger partial charge is 0.443 e. The van der Waals surface area contributed by atoms with E-state index in [4.69, 9.17) is 16.3 Å². The number of halogens is 1. The molecule has 0 unspecified atom stereocenters. The number of rotatable bonds is 4. The van der Waals surface area contributed by atoms with E-state index in [1.54, 1.807) is 24.3 Å². The lowest BCUT2D eigenvalue weighted by molar-refractivity contribution is 0.140. The predicted octanol–water partition coefficient (Wildman–Crippen LogP) is 3.60. The van der Waals surface area contributed by atoms with Crippen LogP contribution in [0.1, 0.15) is 11.1 Å². The zero-order chi connectivity index (χ0) is 14.2. The monoisotopic (exact) mass is 288 g/mol. The third-order valence-corrected chi connectivity index (χ3v) is 2.70. The molecule has 0 fully saturated rings. The molecule has 1 N–H and O–H groups in total. The molecular formula is C15H13ClN2O2. The number of carbonyl (C=O) groups is 1. The molecule has 0 heterocycles. The maximum Gasteiger partial charge on any atom is 0.428 e. The second-order valence-electron chi connectivity index (χ2n) is 3.98. The van der Waals surface area contributed by atoms with Gasteiger partial charge in [0, 0.05) is 5.02 Å². The summed E-state index contributed by atoms with van der Waals surface area (Å²) in [5, 5.41) is 4.44. The highest BCUT2D eigenvalue weighted by molar-refractivity contribution is 6.30. The number of hydrazone groups is 1. The first kappa shape index (κ1) is 14.1. The summed E-state index contributed by atoms with van der Waals surface area (Å²) in [6.45, 7) is 0.211. The maximum absolute atomic E-state index is 11.4. The van der Waals surface area contributed by atoms with Crippen LogP contribution in [0.25, 0.3) is 0 Å². The Labute approximate surface area is 122 Å². The molecule has 0 atom stereocenters. The number of nitrogens with one attached hydrogen (secondary N) is 1. The van der Waals surface area contributed by atoms with Crippen LogP contribution in [0.2, 0.25) is 5.02 Å². The van der Waals surface area contributed by atoms with Crippen molar-refractivity contribution in [3.8, 4) is 0 Å². The lowest BCUT2D eigenvalue weighted by Gasteiger charge is -2.03. The average molecular weight is 289 g/mol. The van der Waals surface area contributed by atoms with Gasteiger partial charge < -0.3 is 4.74 Å². The van der Waals surface area contributed by atoms with Crippen LogP contribution in [0, 0.1) is 0 Å². The molecule has 0 saturated carbocycles. The van der Waals surface area contributed by atoms with Gasteiger partial charge in [0.25, 0.3) is 0 Å². The summed E-state index contributed by atoms with van der Waals surface area (Å²) in [5.41, 5.74) is 4.04. The van der Waals surface area contributed by atoms with Crippen molar-refractivity contribution in [2.75, 3.05) is 0 Å². The zero-order valence-corrected chi connectivity index (χ0v) is 11.4. The van der Waals surface area contributed by atoms with Crippen LogP contribution >= 0.6 is 11.6 Å². The molecule has 1 amide bonds. The summed E-state index contributed by atoms with van der Waals surface area (Å²) in [6.07, 6.45) is 0.916. The van der Waals surface area contributed by atoms with Crippen molar-refractivity contribution in [1.82, 2.24) is 5.43 Å². The van der Waals surface area contributed by atoms with Crippen LogP contribution < -0.4 is 5.43 Å². The summed E-state index contributed by atoms with van der Waals surface area (Å²) in [5.74, 6) is 0. The lowest BCUT2D eigenvalue weighted by atomic mass is 10.2. The molecule has 20 heavy (non-hydrogen) atoms. The highest BCUT2D eigenvalue weighted by Crippen LogP contribution is 2.07. The summed E-state index contributed by atoms with van der Waals surface area (Å²) < 4.78 is 5.00. The van der Waals surface area contributed by atoms with Crippen molar-refractivity contribution in [3.63, 3.8) is 0 Å². The van der Waals surface area contributed by atoms with Gasteiger partial charge >= 0.3 is 6.09 Å². The molecular weight excluding hydrogens is 276 g/mol. The summed E-state index contributed by atoms with van der Waals surface area (Å²) >= 11 is 5.76. The molecule has 0 aliphatic carbocycles. The number of benzene rings is 2. The molecule has 0 aliphatic heterocycles. The minimum absolute atomic E-state index is 0.211. The Hall–Kier alpha value is -2.33. The molecule has 2 aromatic rings. The second kappa shape index (κ2) is 7.31. The zero-order valence-electron chi connectivity index (χ0n) is 10.6. The van der Waals surface area contributed by atoms with Crippen LogP contribution in [0.4, 0.5) is 4.79 Å². The SMILES string of the molecule is O=C(N/N=C/c1ccc(Cl)cc1)OCc1ccccc1. The third-order valence-electron chi connectivity index (χ3n) is 2.45. The van der Waals surface area contributed by atoms with Gasteiger partial charge in [-0.25, -0.2) is 10.2 Å². The number of carbonyl (C=O) groups excluding carboxylic acids is 1. The molecule has 0 aromatic heterocycles. The van der Waals surface area contributed by atoms with Gasteiger partial charge in [0.2, 0.25) is 0 Å². The van der Waals surface area contributed by atoms with Gasteiger partial charge in [0.15, 0.2) is 0 Å². The molecule has 0 saturated heterocycles. The molecule has 5 heteroatoms. The van der Waals surface area contributed by atoms with Crippen molar-refractivity contribution < 1.29 is 9.53 Å². The van der Waals surface area contributed by atoms with Gasteiger partial charge in [-0.05, 0) is 23.3 Å². The smallest absolute Gasteiger partial charge is 0.428 e. The molecule has 0 spiro atoms.